The zero-order valence-electron chi connectivity index (χ0n) is 12.0. The number of anilines is 2. The molecular formula is C15H16N4O. The summed E-state index contributed by atoms with van der Waals surface area (Å²) in [7, 11) is 3.49. The van der Waals surface area contributed by atoms with Gasteiger partial charge in [0.15, 0.2) is 5.82 Å². The van der Waals surface area contributed by atoms with Crippen LogP contribution in [0.3, 0.4) is 0 Å². The van der Waals surface area contributed by atoms with E-state index in [0.717, 1.165) is 22.7 Å². The normalized spacial score (nSPS) is 9.95. The third-order valence-corrected chi connectivity index (χ3v) is 3.33. The van der Waals surface area contributed by atoms with Crippen molar-refractivity contribution in [2.45, 2.75) is 13.8 Å². The predicted octanol–water partition coefficient (Wildman–Crippen LogP) is 2.74. The fraction of sp³-hybridized carbons (Fsp3) is 0.267. The van der Waals surface area contributed by atoms with Gasteiger partial charge in [0.25, 0.3) is 0 Å². The van der Waals surface area contributed by atoms with Crippen LogP contribution in [0, 0.1) is 25.2 Å². The lowest BCUT2D eigenvalue weighted by atomic mass is 10.1. The lowest BCUT2D eigenvalue weighted by molar-refractivity contribution is 0.415. The largest absolute Gasteiger partial charge is 0.497 e. The average molecular weight is 268 g/mol. The average Bonchev–Trinajstić information content (AvgIpc) is 2.49. The summed E-state index contributed by atoms with van der Waals surface area (Å²) in [4.78, 5) is 1.84. The number of aromatic nitrogens is 2. The van der Waals surface area contributed by atoms with Crippen LogP contribution in [0.25, 0.3) is 0 Å². The van der Waals surface area contributed by atoms with E-state index in [-0.39, 0.29) is 0 Å². The SMILES string of the molecule is COc1ccc(N(C)c2nnc(C)c(C)c2C#N)cc1. The molecule has 2 rings (SSSR count). The van der Waals surface area contributed by atoms with E-state index in [1.54, 1.807) is 7.11 Å². The Hall–Kier alpha value is -2.61. The molecule has 20 heavy (non-hydrogen) atoms. The fourth-order valence-electron chi connectivity index (χ4n) is 1.89. The number of ether oxygens (including phenoxy) is 1. The van der Waals surface area contributed by atoms with Crippen LogP contribution in [0.1, 0.15) is 16.8 Å². The van der Waals surface area contributed by atoms with Crippen molar-refractivity contribution in [2.75, 3.05) is 19.1 Å². The highest BCUT2D eigenvalue weighted by Gasteiger charge is 2.15. The van der Waals surface area contributed by atoms with E-state index in [0.29, 0.717) is 11.4 Å². The minimum atomic E-state index is 0.552. The Morgan fingerprint density at radius 3 is 2.35 bits per heavy atom. The molecular weight excluding hydrogens is 252 g/mol. The van der Waals surface area contributed by atoms with Gasteiger partial charge in [-0.2, -0.15) is 10.4 Å². The number of nitriles is 1. The van der Waals surface area contributed by atoms with E-state index in [2.05, 4.69) is 16.3 Å². The molecule has 0 atom stereocenters. The Kier molecular flexibility index (Phi) is 3.85. The summed E-state index contributed by atoms with van der Waals surface area (Å²) in [6.45, 7) is 3.73. The molecule has 0 aliphatic heterocycles. The van der Waals surface area contributed by atoms with Crippen LogP contribution in [0.4, 0.5) is 11.5 Å². The van der Waals surface area contributed by atoms with Crippen molar-refractivity contribution in [1.82, 2.24) is 10.2 Å². The second kappa shape index (κ2) is 5.57. The van der Waals surface area contributed by atoms with Crippen LogP contribution in [-0.2, 0) is 0 Å². The van der Waals surface area contributed by atoms with Gasteiger partial charge in [-0.25, -0.2) is 0 Å². The predicted molar refractivity (Wildman–Crippen MR) is 77.3 cm³/mol. The zero-order valence-corrected chi connectivity index (χ0v) is 12.0. The first-order valence-corrected chi connectivity index (χ1v) is 6.20. The first-order chi connectivity index (χ1) is 9.58. The molecule has 0 saturated heterocycles. The summed E-state index contributed by atoms with van der Waals surface area (Å²) >= 11 is 0. The molecule has 5 heteroatoms. The maximum atomic E-state index is 9.34. The van der Waals surface area contributed by atoms with E-state index < -0.39 is 0 Å². The van der Waals surface area contributed by atoms with Crippen molar-refractivity contribution < 1.29 is 4.74 Å². The summed E-state index contributed by atoms with van der Waals surface area (Å²) in [5.41, 5.74) is 3.10. The number of hydrogen-bond acceptors (Lipinski definition) is 5. The molecule has 0 radical (unpaired) electrons. The lowest BCUT2D eigenvalue weighted by Crippen LogP contribution is -2.15. The van der Waals surface area contributed by atoms with Crippen LogP contribution in [-0.4, -0.2) is 24.4 Å². The van der Waals surface area contributed by atoms with E-state index in [9.17, 15) is 5.26 Å². The molecule has 5 nitrogen and oxygen atoms in total. The number of benzene rings is 1. The molecule has 0 fully saturated rings. The van der Waals surface area contributed by atoms with Crippen molar-refractivity contribution in [3.8, 4) is 11.8 Å². The number of nitrogens with zero attached hydrogens (tertiary/aromatic N) is 4. The van der Waals surface area contributed by atoms with E-state index >= 15 is 0 Å². The molecule has 0 aliphatic rings. The van der Waals surface area contributed by atoms with E-state index in [4.69, 9.17) is 4.74 Å². The molecule has 0 unspecified atom stereocenters. The molecule has 1 aromatic carbocycles. The Morgan fingerprint density at radius 2 is 1.80 bits per heavy atom. The molecule has 0 bridgehead atoms. The molecule has 0 spiro atoms. The van der Waals surface area contributed by atoms with Gasteiger partial charge in [-0.3, -0.25) is 0 Å². The molecule has 1 aromatic heterocycles. The Morgan fingerprint density at radius 1 is 1.15 bits per heavy atom. The maximum Gasteiger partial charge on any atom is 0.173 e. The number of methoxy groups -OCH3 is 1. The van der Waals surface area contributed by atoms with Crippen LogP contribution in [0.15, 0.2) is 24.3 Å². The highest BCUT2D eigenvalue weighted by molar-refractivity contribution is 5.66. The van der Waals surface area contributed by atoms with Gasteiger partial charge in [0.05, 0.1) is 12.8 Å². The summed E-state index contributed by atoms with van der Waals surface area (Å²) in [6, 6.07) is 9.77. The third-order valence-electron chi connectivity index (χ3n) is 3.33. The smallest absolute Gasteiger partial charge is 0.173 e. The molecule has 0 saturated carbocycles. The second-order valence-corrected chi connectivity index (χ2v) is 4.48. The molecule has 102 valence electrons. The van der Waals surface area contributed by atoms with Crippen molar-refractivity contribution in [1.29, 1.82) is 5.26 Å². The van der Waals surface area contributed by atoms with Crippen LogP contribution in [0.2, 0.25) is 0 Å². The molecule has 2 aromatic rings. The molecule has 0 aliphatic carbocycles. The van der Waals surface area contributed by atoms with E-state index in [1.165, 1.54) is 0 Å². The molecule has 1 heterocycles. The van der Waals surface area contributed by atoms with Gasteiger partial charge in [0.1, 0.15) is 17.4 Å². The standard InChI is InChI=1S/C15H16N4O/c1-10-11(2)17-18-15(14(10)9-16)19(3)12-5-7-13(20-4)8-6-12/h5-8H,1-4H3. The van der Waals surface area contributed by atoms with Crippen molar-refractivity contribution in [2.24, 2.45) is 0 Å². The first-order valence-electron chi connectivity index (χ1n) is 6.20. The van der Waals surface area contributed by atoms with Crippen molar-refractivity contribution >= 4 is 11.5 Å². The van der Waals surface area contributed by atoms with Gasteiger partial charge >= 0.3 is 0 Å². The van der Waals surface area contributed by atoms with Crippen LogP contribution < -0.4 is 9.64 Å². The maximum absolute atomic E-state index is 9.34. The minimum absolute atomic E-state index is 0.552. The Labute approximate surface area is 118 Å². The van der Waals surface area contributed by atoms with Gasteiger partial charge in [0.2, 0.25) is 0 Å². The monoisotopic (exact) mass is 268 g/mol. The number of aryl methyl sites for hydroxylation is 1. The van der Waals surface area contributed by atoms with Gasteiger partial charge in [-0.15, -0.1) is 5.10 Å². The fourth-order valence-corrected chi connectivity index (χ4v) is 1.89. The van der Waals surface area contributed by atoms with Crippen LogP contribution in [0.5, 0.6) is 5.75 Å². The molecule has 0 amide bonds. The van der Waals surface area contributed by atoms with Crippen molar-refractivity contribution in [3.63, 3.8) is 0 Å². The topological polar surface area (TPSA) is 62.0 Å². The van der Waals surface area contributed by atoms with Gasteiger partial charge in [0, 0.05) is 12.7 Å². The molecule has 0 N–H and O–H groups in total. The first kappa shape index (κ1) is 13.8. The summed E-state index contributed by atoms with van der Waals surface area (Å²) in [5.74, 6) is 1.34. The number of rotatable bonds is 3. The summed E-state index contributed by atoms with van der Waals surface area (Å²) in [6.07, 6.45) is 0. The zero-order chi connectivity index (χ0) is 14.7. The highest BCUT2D eigenvalue weighted by atomic mass is 16.5. The Bertz CT molecular complexity index is 659. The quantitative estimate of drug-likeness (QED) is 0.856. The Balaban J connectivity index is 2.45. The lowest BCUT2D eigenvalue weighted by Gasteiger charge is -2.20. The minimum Gasteiger partial charge on any atom is -0.497 e. The summed E-state index contributed by atoms with van der Waals surface area (Å²) in [5, 5.41) is 17.6. The third kappa shape index (κ3) is 2.41. The van der Waals surface area contributed by atoms with Gasteiger partial charge in [-0.1, -0.05) is 0 Å². The van der Waals surface area contributed by atoms with Crippen molar-refractivity contribution in [3.05, 3.63) is 41.1 Å². The van der Waals surface area contributed by atoms with Gasteiger partial charge in [-0.05, 0) is 43.7 Å². The number of hydrogen-bond donors (Lipinski definition) is 0. The van der Waals surface area contributed by atoms with E-state index in [1.807, 2.05) is 50.1 Å². The second-order valence-electron chi connectivity index (χ2n) is 4.48. The van der Waals surface area contributed by atoms with Gasteiger partial charge < -0.3 is 9.64 Å². The highest BCUT2D eigenvalue weighted by Crippen LogP contribution is 2.27. The van der Waals surface area contributed by atoms with Crippen LogP contribution >= 0.6 is 0 Å². The summed E-state index contributed by atoms with van der Waals surface area (Å²) < 4.78 is 5.14.